The molecular formula is C12H18N2O. The van der Waals surface area contributed by atoms with Gasteiger partial charge in [-0.25, -0.2) is 0 Å². The summed E-state index contributed by atoms with van der Waals surface area (Å²) in [7, 11) is 1.70. The first kappa shape index (κ1) is 10.3. The lowest BCUT2D eigenvalue weighted by Crippen LogP contribution is -2.19. The minimum atomic E-state index is 0.244. The lowest BCUT2D eigenvalue weighted by molar-refractivity contribution is 0.416. The van der Waals surface area contributed by atoms with Gasteiger partial charge in [0.1, 0.15) is 5.75 Å². The summed E-state index contributed by atoms with van der Waals surface area (Å²) < 4.78 is 5.32. The van der Waals surface area contributed by atoms with Gasteiger partial charge in [-0.15, -0.1) is 0 Å². The van der Waals surface area contributed by atoms with Crippen molar-refractivity contribution in [2.75, 3.05) is 19.0 Å². The molecule has 1 aromatic carbocycles. The summed E-state index contributed by atoms with van der Waals surface area (Å²) >= 11 is 0. The van der Waals surface area contributed by atoms with Gasteiger partial charge in [-0.3, -0.25) is 0 Å². The van der Waals surface area contributed by atoms with Gasteiger partial charge < -0.3 is 15.8 Å². The Morgan fingerprint density at radius 2 is 2.40 bits per heavy atom. The largest absolute Gasteiger partial charge is 0.495 e. The summed E-state index contributed by atoms with van der Waals surface area (Å²) in [5.74, 6) is 1.45. The van der Waals surface area contributed by atoms with E-state index in [4.69, 9.17) is 10.5 Å². The number of ether oxygens (including phenoxy) is 1. The van der Waals surface area contributed by atoms with E-state index in [9.17, 15) is 0 Å². The maximum absolute atomic E-state index is 5.84. The minimum Gasteiger partial charge on any atom is -0.495 e. The highest BCUT2D eigenvalue weighted by molar-refractivity contribution is 5.66. The summed E-state index contributed by atoms with van der Waals surface area (Å²) in [4.78, 5) is 0. The molecule has 0 aliphatic carbocycles. The van der Waals surface area contributed by atoms with Gasteiger partial charge in [-0.05, 0) is 25.0 Å². The highest BCUT2D eigenvalue weighted by Gasteiger charge is 2.25. The van der Waals surface area contributed by atoms with Crippen LogP contribution >= 0.6 is 0 Å². The molecule has 2 unspecified atom stereocenters. The number of nitrogens with two attached hydrogens (primary N) is 1. The zero-order valence-electron chi connectivity index (χ0n) is 9.29. The van der Waals surface area contributed by atoms with E-state index in [0.717, 1.165) is 24.4 Å². The molecule has 0 bridgehead atoms. The van der Waals surface area contributed by atoms with Crippen molar-refractivity contribution >= 4 is 5.69 Å². The first-order valence-corrected chi connectivity index (χ1v) is 5.38. The number of hydrogen-bond donors (Lipinski definition) is 2. The quantitative estimate of drug-likeness (QED) is 0.794. The molecule has 2 atom stereocenters. The molecule has 3 nitrogen and oxygen atoms in total. The van der Waals surface area contributed by atoms with Crippen LogP contribution in [0, 0.1) is 0 Å². The molecule has 1 aromatic rings. The van der Waals surface area contributed by atoms with Crippen molar-refractivity contribution in [2.45, 2.75) is 25.3 Å². The van der Waals surface area contributed by atoms with Gasteiger partial charge >= 0.3 is 0 Å². The maximum atomic E-state index is 5.84. The van der Waals surface area contributed by atoms with Gasteiger partial charge in [-0.2, -0.15) is 0 Å². The van der Waals surface area contributed by atoms with E-state index < -0.39 is 0 Å². The fraction of sp³-hybridized carbons (Fsp3) is 0.500. The number of para-hydroxylation sites is 1. The van der Waals surface area contributed by atoms with Crippen molar-refractivity contribution in [1.82, 2.24) is 0 Å². The fourth-order valence-corrected chi connectivity index (χ4v) is 2.24. The van der Waals surface area contributed by atoms with Crippen LogP contribution in [0.4, 0.5) is 5.69 Å². The zero-order chi connectivity index (χ0) is 10.8. The van der Waals surface area contributed by atoms with Gasteiger partial charge in [0.25, 0.3) is 0 Å². The normalized spacial score (nSPS) is 20.6. The molecule has 0 saturated carbocycles. The molecule has 3 N–H and O–H groups in total. The first-order chi connectivity index (χ1) is 7.22. The standard InChI is InChI=1S/C12H18N2O/c1-8(13)6-9-7-14-12-10(9)4-3-5-11(12)15-2/h3-5,8-9,14H,6-7,13H2,1-2H3. The van der Waals surface area contributed by atoms with Crippen LogP contribution in [0.3, 0.4) is 0 Å². The smallest absolute Gasteiger partial charge is 0.142 e. The second-order valence-corrected chi connectivity index (χ2v) is 4.22. The molecule has 15 heavy (non-hydrogen) atoms. The summed E-state index contributed by atoms with van der Waals surface area (Å²) in [5, 5.41) is 3.39. The van der Waals surface area contributed by atoms with E-state index in [1.54, 1.807) is 7.11 Å². The van der Waals surface area contributed by atoms with E-state index >= 15 is 0 Å². The Balaban J connectivity index is 2.27. The Kier molecular flexibility index (Phi) is 2.82. The third kappa shape index (κ3) is 1.92. The molecular weight excluding hydrogens is 188 g/mol. The number of nitrogens with one attached hydrogen (secondary N) is 1. The zero-order valence-corrected chi connectivity index (χ0v) is 9.29. The summed E-state index contributed by atoms with van der Waals surface area (Å²) in [5.41, 5.74) is 8.32. The first-order valence-electron chi connectivity index (χ1n) is 5.38. The van der Waals surface area contributed by atoms with Crippen LogP contribution in [-0.2, 0) is 0 Å². The Morgan fingerprint density at radius 3 is 3.07 bits per heavy atom. The molecule has 0 saturated heterocycles. The summed E-state index contributed by atoms with van der Waals surface area (Å²) in [6, 6.07) is 6.43. The van der Waals surface area contributed by atoms with Gasteiger partial charge in [0.2, 0.25) is 0 Å². The molecule has 0 radical (unpaired) electrons. The Labute approximate surface area is 90.6 Å². The molecule has 2 rings (SSSR count). The molecule has 3 heteroatoms. The average molecular weight is 206 g/mol. The molecule has 0 aromatic heterocycles. The van der Waals surface area contributed by atoms with Crippen molar-refractivity contribution in [1.29, 1.82) is 0 Å². The van der Waals surface area contributed by atoms with Crippen molar-refractivity contribution in [2.24, 2.45) is 5.73 Å². The van der Waals surface area contributed by atoms with E-state index in [0.29, 0.717) is 5.92 Å². The van der Waals surface area contributed by atoms with Crippen molar-refractivity contribution in [3.8, 4) is 5.75 Å². The number of fused-ring (bicyclic) bond motifs is 1. The molecule has 82 valence electrons. The SMILES string of the molecule is COc1cccc2c1NCC2CC(C)N. The van der Waals surface area contributed by atoms with Crippen LogP contribution in [0.1, 0.15) is 24.8 Å². The van der Waals surface area contributed by atoms with Crippen molar-refractivity contribution < 1.29 is 4.74 Å². The van der Waals surface area contributed by atoms with Crippen LogP contribution in [-0.4, -0.2) is 19.7 Å². The maximum Gasteiger partial charge on any atom is 0.142 e. The third-order valence-corrected chi connectivity index (χ3v) is 2.90. The monoisotopic (exact) mass is 206 g/mol. The minimum absolute atomic E-state index is 0.244. The van der Waals surface area contributed by atoms with Crippen LogP contribution in [0.25, 0.3) is 0 Å². The molecule has 0 amide bonds. The molecule has 1 aliphatic heterocycles. The number of anilines is 1. The summed E-state index contributed by atoms with van der Waals surface area (Å²) in [6.45, 7) is 3.02. The predicted octanol–water partition coefficient (Wildman–Crippen LogP) is 1.94. The van der Waals surface area contributed by atoms with E-state index in [-0.39, 0.29) is 6.04 Å². The topological polar surface area (TPSA) is 47.3 Å². The van der Waals surface area contributed by atoms with Crippen molar-refractivity contribution in [3.63, 3.8) is 0 Å². The van der Waals surface area contributed by atoms with E-state index in [1.165, 1.54) is 5.56 Å². The lowest BCUT2D eigenvalue weighted by atomic mass is 9.95. The Bertz CT molecular complexity index is 349. The van der Waals surface area contributed by atoms with Gasteiger partial charge in [0.05, 0.1) is 12.8 Å². The van der Waals surface area contributed by atoms with Gasteiger partial charge in [-0.1, -0.05) is 12.1 Å². The Morgan fingerprint density at radius 1 is 1.60 bits per heavy atom. The van der Waals surface area contributed by atoms with Crippen molar-refractivity contribution in [3.05, 3.63) is 23.8 Å². The van der Waals surface area contributed by atoms with Crippen LogP contribution in [0.5, 0.6) is 5.75 Å². The molecule has 0 fully saturated rings. The number of methoxy groups -OCH3 is 1. The second kappa shape index (κ2) is 4.11. The fourth-order valence-electron chi connectivity index (χ4n) is 2.24. The van der Waals surface area contributed by atoms with Crippen LogP contribution in [0.15, 0.2) is 18.2 Å². The lowest BCUT2D eigenvalue weighted by Gasteiger charge is -2.13. The molecule has 1 heterocycles. The number of rotatable bonds is 3. The van der Waals surface area contributed by atoms with E-state index in [2.05, 4.69) is 18.3 Å². The third-order valence-electron chi connectivity index (χ3n) is 2.90. The molecule has 0 spiro atoms. The number of benzene rings is 1. The van der Waals surface area contributed by atoms with Crippen LogP contribution < -0.4 is 15.8 Å². The van der Waals surface area contributed by atoms with E-state index in [1.807, 2.05) is 12.1 Å². The summed E-state index contributed by atoms with van der Waals surface area (Å²) in [6.07, 6.45) is 1.02. The second-order valence-electron chi connectivity index (χ2n) is 4.22. The average Bonchev–Trinajstić information content (AvgIpc) is 2.61. The molecule has 1 aliphatic rings. The predicted molar refractivity (Wildman–Crippen MR) is 62.5 cm³/mol. The van der Waals surface area contributed by atoms with Gasteiger partial charge in [0, 0.05) is 18.5 Å². The highest BCUT2D eigenvalue weighted by Crippen LogP contribution is 2.39. The Hall–Kier alpha value is -1.22. The highest BCUT2D eigenvalue weighted by atomic mass is 16.5. The van der Waals surface area contributed by atoms with Gasteiger partial charge in [0.15, 0.2) is 0 Å². The number of hydrogen-bond acceptors (Lipinski definition) is 3. The van der Waals surface area contributed by atoms with Crippen LogP contribution in [0.2, 0.25) is 0 Å².